The maximum Gasteiger partial charge on any atom is 0.128 e. The van der Waals surface area contributed by atoms with E-state index in [0.717, 1.165) is 12.3 Å². The van der Waals surface area contributed by atoms with Gasteiger partial charge in [0.1, 0.15) is 5.75 Å². The summed E-state index contributed by atoms with van der Waals surface area (Å²) in [6, 6.07) is 8.29. The molecule has 0 saturated carbocycles. The minimum Gasteiger partial charge on any atom is -0.493 e. The van der Waals surface area contributed by atoms with E-state index in [1.54, 1.807) is 11.3 Å². The number of fused-ring (bicyclic) bond motifs is 1. The molecular formula is C14H14N2OS. The normalized spacial score (nSPS) is 10.9. The van der Waals surface area contributed by atoms with Gasteiger partial charge in [-0.2, -0.15) is 0 Å². The van der Waals surface area contributed by atoms with Gasteiger partial charge >= 0.3 is 0 Å². The smallest absolute Gasteiger partial charge is 0.128 e. The van der Waals surface area contributed by atoms with Crippen molar-refractivity contribution >= 4 is 22.2 Å². The van der Waals surface area contributed by atoms with Gasteiger partial charge in [-0.3, -0.25) is 4.98 Å². The number of rotatable bonds is 4. The predicted molar refractivity (Wildman–Crippen MR) is 74.3 cm³/mol. The zero-order valence-corrected chi connectivity index (χ0v) is 11.0. The van der Waals surface area contributed by atoms with Crippen molar-refractivity contribution in [3.63, 3.8) is 0 Å². The molecule has 92 valence electrons. The van der Waals surface area contributed by atoms with E-state index in [2.05, 4.69) is 27.9 Å². The monoisotopic (exact) mass is 258 g/mol. The van der Waals surface area contributed by atoms with Gasteiger partial charge in [0.05, 0.1) is 24.2 Å². The van der Waals surface area contributed by atoms with Crippen LogP contribution in [0.15, 0.2) is 42.2 Å². The van der Waals surface area contributed by atoms with Crippen LogP contribution in [-0.4, -0.2) is 16.2 Å². The first-order chi connectivity index (χ1) is 8.88. The van der Waals surface area contributed by atoms with Gasteiger partial charge in [0.25, 0.3) is 0 Å². The van der Waals surface area contributed by atoms with Crippen LogP contribution < -0.4 is 4.74 Å². The SMILES string of the molecule is CCOc1cccc2c1ccn2Cc1cncs1. The molecule has 4 heteroatoms. The minimum absolute atomic E-state index is 0.694. The van der Waals surface area contributed by atoms with E-state index in [9.17, 15) is 0 Å². The van der Waals surface area contributed by atoms with Gasteiger partial charge in [0.15, 0.2) is 0 Å². The van der Waals surface area contributed by atoms with Crippen LogP contribution in [0.2, 0.25) is 0 Å². The van der Waals surface area contributed by atoms with Crippen molar-refractivity contribution in [2.75, 3.05) is 6.61 Å². The van der Waals surface area contributed by atoms with E-state index in [-0.39, 0.29) is 0 Å². The van der Waals surface area contributed by atoms with Crippen molar-refractivity contribution in [2.24, 2.45) is 0 Å². The van der Waals surface area contributed by atoms with Crippen LogP contribution in [-0.2, 0) is 6.54 Å². The Bertz CT molecular complexity index is 643. The number of nitrogens with zero attached hydrogens (tertiary/aromatic N) is 2. The molecule has 3 aromatic rings. The fraction of sp³-hybridized carbons (Fsp3) is 0.214. The maximum atomic E-state index is 5.64. The topological polar surface area (TPSA) is 27.1 Å². The summed E-state index contributed by atoms with van der Waals surface area (Å²) in [5.74, 6) is 0.957. The predicted octanol–water partition coefficient (Wildman–Crippen LogP) is 3.54. The summed E-state index contributed by atoms with van der Waals surface area (Å²) in [7, 11) is 0. The number of benzene rings is 1. The molecule has 0 radical (unpaired) electrons. The van der Waals surface area contributed by atoms with Gasteiger partial charge < -0.3 is 9.30 Å². The molecule has 0 N–H and O–H groups in total. The van der Waals surface area contributed by atoms with Gasteiger partial charge in [-0.05, 0) is 25.1 Å². The Balaban J connectivity index is 2.01. The van der Waals surface area contributed by atoms with Gasteiger partial charge in [0.2, 0.25) is 0 Å². The molecule has 1 aromatic carbocycles. The lowest BCUT2D eigenvalue weighted by atomic mass is 10.2. The summed E-state index contributed by atoms with van der Waals surface area (Å²) in [6.45, 7) is 3.57. The second-order valence-electron chi connectivity index (χ2n) is 4.03. The van der Waals surface area contributed by atoms with Gasteiger partial charge in [-0.1, -0.05) is 6.07 Å². The highest BCUT2D eigenvalue weighted by atomic mass is 32.1. The van der Waals surface area contributed by atoms with Gasteiger partial charge in [-0.15, -0.1) is 11.3 Å². The van der Waals surface area contributed by atoms with E-state index < -0.39 is 0 Å². The zero-order valence-electron chi connectivity index (χ0n) is 10.2. The van der Waals surface area contributed by atoms with Crippen LogP contribution in [0.3, 0.4) is 0 Å². The summed E-state index contributed by atoms with van der Waals surface area (Å²) < 4.78 is 7.87. The molecule has 0 aliphatic carbocycles. The van der Waals surface area contributed by atoms with Crippen LogP contribution in [0.25, 0.3) is 10.9 Å². The lowest BCUT2D eigenvalue weighted by molar-refractivity contribution is 0.344. The van der Waals surface area contributed by atoms with Gasteiger partial charge in [0, 0.05) is 22.7 Å². The molecule has 0 unspecified atom stereocenters. The second kappa shape index (κ2) is 4.82. The molecule has 0 spiro atoms. The first-order valence-corrected chi connectivity index (χ1v) is 6.84. The third kappa shape index (κ3) is 1.99. The molecule has 18 heavy (non-hydrogen) atoms. The fourth-order valence-electron chi connectivity index (χ4n) is 2.10. The number of hydrogen-bond acceptors (Lipinski definition) is 3. The summed E-state index contributed by atoms with van der Waals surface area (Å²) in [4.78, 5) is 5.37. The highest BCUT2D eigenvalue weighted by molar-refractivity contribution is 7.09. The molecular weight excluding hydrogens is 244 g/mol. The zero-order chi connectivity index (χ0) is 12.4. The Labute approximate surface area is 110 Å². The lowest BCUT2D eigenvalue weighted by Gasteiger charge is -2.06. The van der Waals surface area contributed by atoms with Crippen molar-refractivity contribution in [2.45, 2.75) is 13.5 Å². The summed E-state index contributed by atoms with van der Waals surface area (Å²) >= 11 is 1.68. The van der Waals surface area contributed by atoms with E-state index in [1.165, 1.54) is 15.8 Å². The molecule has 2 aromatic heterocycles. The molecule has 2 heterocycles. The summed E-state index contributed by atoms with van der Waals surface area (Å²) in [5.41, 5.74) is 3.07. The van der Waals surface area contributed by atoms with Crippen molar-refractivity contribution < 1.29 is 4.74 Å². The van der Waals surface area contributed by atoms with Crippen molar-refractivity contribution in [1.29, 1.82) is 0 Å². The van der Waals surface area contributed by atoms with E-state index in [4.69, 9.17) is 4.74 Å². The quantitative estimate of drug-likeness (QED) is 0.715. The summed E-state index contributed by atoms with van der Waals surface area (Å²) in [5, 5.41) is 1.17. The number of thiazole rings is 1. The highest BCUT2D eigenvalue weighted by Gasteiger charge is 2.06. The largest absolute Gasteiger partial charge is 0.493 e. The molecule has 0 aliphatic rings. The Morgan fingerprint density at radius 3 is 3.06 bits per heavy atom. The molecule has 0 fully saturated rings. The molecule has 0 bridgehead atoms. The third-order valence-corrected chi connectivity index (χ3v) is 3.65. The van der Waals surface area contributed by atoms with Crippen LogP contribution in [0.4, 0.5) is 0 Å². The van der Waals surface area contributed by atoms with Crippen molar-refractivity contribution in [3.8, 4) is 5.75 Å². The number of aromatic nitrogens is 2. The van der Waals surface area contributed by atoms with Crippen molar-refractivity contribution in [3.05, 3.63) is 47.0 Å². The van der Waals surface area contributed by atoms with Crippen LogP contribution in [0, 0.1) is 0 Å². The molecule has 0 aliphatic heterocycles. The number of ether oxygens (including phenoxy) is 1. The maximum absolute atomic E-state index is 5.64. The van der Waals surface area contributed by atoms with Gasteiger partial charge in [-0.25, -0.2) is 0 Å². The standard InChI is InChI=1S/C14H14N2OS/c1-2-17-14-5-3-4-13-12(14)6-7-16(13)9-11-8-15-10-18-11/h3-8,10H,2,9H2,1H3. The highest BCUT2D eigenvalue weighted by Crippen LogP contribution is 2.27. The van der Waals surface area contributed by atoms with Crippen LogP contribution >= 0.6 is 11.3 Å². The molecule has 0 amide bonds. The fourth-order valence-corrected chi connectivity index (χ4v) is 2.70. The lowest BCUT2D eigenvalue weighted by Crippen LogP contribution is -1.96. The average Bonchev–Trinajstić information content (AvgIpc) is 3.01. The average molecular weight is 258 g/mol. The van der Waals surface area contributed by atoms with Crippen LogP contribution in [0.5, 0.6) is 5.75 Å². The van der Waals surface area contributed by atoms with Crippen LogP contribution in [0.1, 0.15) is 11.8 Å². The Morgan fingerprint density at radius 2 is 2.28 bits per heavy atom. The van der Waals surface area contributed by atoms with E-state index in [0.29, 0.717) is 6.61 Å². The molecule has 3 rings (SSSR count). The Morgan fingerprint density at radius 1 is 1.33 bits per heavy atom. The molecule has 0 saturated heterocycles. The van der Waals surface area contributed by atoms with Crippen molar-refractivity contribution in [1.82, 2.24) is 9.55 Å². The first-order valence-electron chi connectivity index (χ1n) is 5.96. The second-order valence-corrected chi connectivity index (χ2v) is 5.00. The Kier molecular flexibility index (Phi) is 3.02. The summed E-state index contributed by atoms with van der Waals surface area (Å²) in [6.07, 6.45) is 4.02. The third-order valence-electron chi connectivity index (χ3n) is 2.88. The Hall–Kier alpha value is -1.81. The van der Waals surface area contributed by atoms with E-state index >= 15 is 0 Å². The van der Waals surface area contributed by atoms with E-state index in [1.807, 2.05) is 30.8 Å². The number of hydrogen-bond donors (Lipinski definition) is 0. The first kappa shape index (κ1) is 11.3. The molecule has 0 atom stereocenters. The minimum atomic E-state index is 0.694. The molecule has 3 nitrogen and oxygen atoms in total.